The van der Waals surface area contributed by atoms with Gasteiger partial charge in [0.2, 0.25) is 0 Å². The van der Waals surface area contributed by atoms with Crippen molar-refractivity contribution in [3.05, 3.63) is 0 Å². The van der Waals surface area contributed by atoms with Gasteiger partial charge in [0.1, 0.15) is 18.3 Å². The highest BCUT2D eigenvalue weighted by Crippen LogP contribution is 2.28. The molecule has 0 bridgehead atoms. The fourth-order valence-electron chi connectivity index (χ4n) is 1.93. The summed E-state index contributed by atoms with van der Waals surface area (Å²) in [6.07, 6.45) is -0.114. The van der Waals surface area contributed by atoms with Gasteiger partial charge in [0.15, 0.2) is 5.78 Å². The van der Waals surface area contributed by atoms with Crippen LogP contribution in [-0.2, 0) is 19.0 Å². The highest BCUT2D eigenvalue weighted by molar-refractivity contribution is 5.81. The van der Waals surface area contributed by atoms with Gasteiger partial charge in [0, 0.05) is 14.2 Å². The third-order valence-corrected chi connectivity index (χ3v) is 2.66. The maximum absolute atomic E-state index is 11.3. The molecular weight excluding hydrogens is 184 g/mol. The number of Topliss-reactive ketones (excluding diaryl/α,β-unsaturated/α-hetero) is 1. The zero-order chi connectivity index (χ0) is 10.7. The van der Waals surface area contributed by atoms with E-state index < -0.39 is 6.10 Å². The quantitative estimate of drug-likeness (QED) is 0.676. The Labute approximate surface area is 84.5 Å². The standard InChI is InChI=1S/C10H18O4/c1-5-7-9(12-3)10(13-4)8(14-7)6(2)11/h7-10H,5H2,1-4H3/t7-,8+,9?,10?/m1/s1. The summed E-state index contributed by atoms with van der Waals surface area (Å²) >= 11 is 0. The molecule has 0 aromatic heterocycles. The van der Waals surface area contributed by atoms with Crippen LogP contribution in [0, 0.1) is 0 Å². The zero-order valence-electron chi connectivity index (χ0n) is 9.15. The molecule has 0 aromatic carbocycles. The normalized spacial score (nSPS) is 37.4. The molecule has 1 fully saturated rings. The van der Waals surface area contributed by atoms with Crippen LogP contribution in [0.4, 0.5) is 0 Å². The summed E-state index contributed by atoms with van der Waals surface area (Å²) in [6.45, 7) is 3.52. The number of carbonyl (C=O) groups excluding carboxylic acids is 1. The SMILES string of the molecule is CC[C@H]1O[C@@H](C(C)=O)C(OC)C1OC. The van der Waals surface area contributed by atoms with Gasteiger partial charge in [-0.05, 0) is 13.3 Å². The van der Waals surface area contributed by atoms with Crippen molar-refractivity contribution in [3.8, 4) is 0 Å². The highest BCUT2D eigenvalue weighted by atomic mass is 16.6. The number of carbonyl (C=O) groups is 1. The monoisotopic (exact) mass is 202 g/mol. The molecule has 1 saturated heterocycles. The molecular formula is C10H18O4. The molecule has 0 aromatic rings. The van der Waals surface area contributed by atoms with Crippen LogP contribution in [0.1, 0.15) is 20.3 Å². The predicted octanol–water partition coefficient (Wildman–Crippen LogP) is 0.783. The van der Waals surface area contributed by atoms with E-state index in [4.69, 9.17) is 14.2 Å². The van der Waals surface area contributed by atoms with Crippen molar-refractivity contribution in [2.24, 2.45) is 0 Å². The largest absolute Gasteiger partial charge is 0.376 e. The van der Waals surface area contributed by atoms with E-state index in [1.807, 2.05) is 6.92 Å². The Kier molecular flexibility index (Phi) is 4.04. The van der Waals surface area contributed by atoms with Crippen molar-refractivity contribution in [2.75, 3.05) is 14.2 Å². The molecule has 0 saturated carbocycles. The first-order valence-corrected chi connectivity index (χ1v) is 4.87. The average molecular weight is 202 g/mol. The molecule has 0 aliphatic carbocycles. The predicted molar refractivity (Wildman–Crippen MR) is 51.2 cm³/mol. The Bertz CT molecular complexity index is 204. The van der Waals surface area contributed by atoms with Gasteiger partial charge in [0.05, 0.1) is 6.10 Å². The lowest BCUT2D eigenvalue weighted by atomic mass is 10.0. The molecule has 0 N–H and O–H groups in total. The van der Waals surface area contributed by atoms with Crippen molar-refractivity contribution in [3.63, 3.8) is 0 Å². The second-order valence-corrected chi connectivity index (χ2v) is 3.51. The zero-order valence-corrected chi connectivity index (χ0v) is 9.15. The van der Waals surface area contributed by atoms with Crippen LogP contribution >= 0.6 is 0 Å². The van der Waals surface area contributed by atoms with E-state index in [-0.39, 0.29) is 24.1 Å². The van der Waals surface area contributed by atoms with E-state index in [1.165, 1.54) is 6.92 Å². The lowest BCUT2D eigenvalue weighted by molar-refractivity contribution is -0.132. The lowest BCUT2D eigenvalue weighted by Crippen LogP contribution is -2.38. The first-order valence-electron chi connectivity index (χ1n) is 4.87. The van der Waals surface area contributed by atoms with E-state index in [0.717, 1.165) is 6.42 Å². The topological polar surface area (TPSA) is 44.8 Å². The number of hydrogen-bond acceptors (Lipinski definition) is 4. The van der Waals surface area contributed by atoms with E-state index in [0.29, 0.717) is 0 Å². The minimum Gasteiger partial charge on any atom is -0.376 e. The molecule has 4 heteroatoms. The van der Waals surface area contributed by atoms with E-state index in [9.17, 15) is 4.79 Å². The highest BCUT2D eigenvalue weighted by Gasteiger charge is 2.46. The van der Waals surface area contributed by atoms with E-state index in [2.05, 4.69) is 0 Å². The summed E-state index contributed by atoms with van der Waals surface area (Å²) in [5.74, 6) is -0.00477. The van der Waals surface area contributed by atoms with E-state index >= 15 is 0 Å². The van der Waals surface area contributed by atoms with Crippen molar-refractivity contribution in [1.29, 1.82) is 0 Å². The van der Waals surface area contributed by atoms with Gasteiger partial charge >= 0.3 is 0 Å². The summed E-state index contributed by atoms with van der Waals surface area (Å²) in [5, 5.41) is 0. The number of rotatable bonds is 4. The third-order valence-electron chi connectivity index (χ3n) is 2.66. The molecule has 4 nitrogen and oxygen atoms in total. The summed E-state index contributed by atoms with van der Waals surface area (Å²) in [6, 6.07) is 0. The second kappa shape index (κ2) is 4.87. The number of ether oxygens (including phenoxy) is 3. The van der Waals surface area contributed by atoms with Gasteiger partial charge in [-0.25, -0.2) is 0 Å². The molecule has 0 spiro atoms. The Morgan fingerprint density at radius 1 is 1.29 bits per heavy atom. The van der Waals surface area contributed by atoms with Crippen LogP contribution < -0.4 is 0 Å². The second-order valence-electron chi connectivity index (χ2n) is 3.51. The first kappa shape index (κ1) is 11.6. The first-order chi connectivity index (χ1) is 6.65. The van der Waals surface area contributed by atoms with Gasteiger partial charge in [-0.2, -0.15) is 0 Å². The van der Waals surface area contributed by atoms with Crippen LogP contribution in [-0.4, -0.2) is 44.4 Å². The fraction of sp³-hybridized carbons (Fsp3) is 0.900. The van der Waals surface area contributed by atoms with Crippen molar-refractivity contribution in [2.45, 2.75) is 44.7 Å². The fourth-order valence-corrected chi connectivity index (χ4v) is 1.93. The molecule has 82 valence electrons. The van der Waals surface area contributed by atoms with Gasteiger partial charge in [-0.15, -0.1) is 0 Å². The van der Waals surface area contributed by atoms with Crippen LogP contribution in [0.5, 0.6) is 0 Å². The van der Waals surface area contributed by atoms with Crippen LogP contribution in [0.2, 0.25) is 0 Å². The molecule has 1 aliphatic rings. The van der Waals surface area contributed by atoms with E-state index in [1.54, 1.807) is 14.2 Å². The smallest absolute Gasteiger partial charge is 0.161 e. The van der Waals surface area contributed by atoms with Gasteiger partial charge in [-0.3, -0.25) is 4.79 Å². The maximum atomic E-state index is 11.3. The number of ketones is 1. The third kappa shape index (κ3) is 1.97. The Morgan fingerprint density at radius 3 is 2.21 bits per heavy atom. The Morgan fingerprint density at radius 2 is 1.86 bits per heavy atom. The maximum Gasteiger partial charge on any atom is 0.161 e. The Hall–Kier alpha value is -0.450. The minimum atomic E-state index is -0.477. The molecule has 4 atom stereocenters. The van der Waals surface area contributed by atoms with Gasteiger partial charge in [-0.1, -0.05) is 6.92 Å². The molecule has 1 aliphatic heterocycles. The van der Waals surface area contributed by atoms with Crippen molar-refractivity contribution >= 4 is 5.78 Å². The molecule has 2 unspecified atom stereocenters. The van der Waals surface area contributed by atoms with Crippen molar-refractivity contribution < 1.29 is 19.0 Å². The number of methoxy groups -OCH3 is 2. The summed E-state index contributed by atoms with van der Waals surface area (Å²) < 4.78 is 16.1. The summed E-state index contributed by atoms with van der Waals surface area (Å²) in [5.41, 5.74) is 0. The lowest BCUT2D eigenvalue weighted by Gasteiger charge is -2.20. The molecule has 14 heavy (non-hydrogen) atoms. The van der Waals surface area contributed by atoms with Crippen LogP contribution in [0.15, 0.2) is 0 Å². The molecule has 0 radical (unpaired) electrons. The minimum absolute atomic E-state index is 0.00477. The molecule has 1 heterocycles. The average Bonchev–Trinajstić information content (AvgIpc) is 2.54. The summed E-state index contributed by atoms with van der Waals surface area (Å²) in [4.78, 5) is 11.3. The van der Waals surface area contributed by atoms with Gasteiger partial charge < -0.3 is 14.2 Å². The molecule has 1 rings (SSSR count). The van der Waals surface area contributed by atoms with Gasteiger partial charge in [0.25, 0.3) is 0 Å². The number of hydrogen-bond donors (Lipinski definition) is 0. The molecule has 0 amide bonds. The van der Waals surface area contributed by atoms with Crippen molar-refractivity contribution in [1.82, 2.24) is 0 Å². The summed E-state index contributed by atoms with van der Waals surface area (Å²) in [7, 11) is 3.19. The van der Waals surface area contributed by atoms with Crippen LogP contribution in [0.3, 0.4) is 0 Å². The van der Waals surface area contributed by atoms with Crippen LogP contribution in [0.25, 0.3) is 0 Å². The Balaban J connectivity index is 2.78.